The highest BCUT2D eigenvalue weighted by atomic mass is 16.7. The summed E-state index contributed by atoms with van der Waals surface area (Å²) in [5.74, 6) is 0. The van der Waals surface area contributed by atoms with E-state index >= 15 is 0 Å². The number of aliphatic hydroxyl groups is 6. The molecule has 0 amide bonds. The van der Waals surface area contributed by atoms with Crippen LogP contribution >= 0.6 is 0 Å². The molecule has 1 aliphatic heterocycles. The Morgan fingerprint density at radius 1 is 0.941 bits per heavy atom. The van der Waals surface area contributed by atoms with Crippen LogP contribution in [0.3, 0.4) is 0 Å². The number of hydrogen-bond donors (Lipinski definition) is 6. The smallest absolute Gasteiger partial charge is 0.187 e. The molecule has 0 spiro atoms. The second-order valence-electron chi connectivity index (χ2n) is 3.82. The van der Waals surface area contributed by atoms with Crippen molar-refractivity contribution in [2.75, 3.05) is 19.8 Å². The van der Waals surface area contributed by atoms with Gasteiger partial charge in [0.05, 0.1) is 19.8 Å². The van der Waals surface area contributed by atoms with Gasteiger partial charge in [0.15, 0.2) is 6.29 Å². The summed E-state index contributed by atoms with van der Waals surface area (Å²) in [6.07, 6.45) is -7.92. The van der Waals surface area contributed by atoms with Crippen molar-refractivity contribution in [2.24, 2.45) is 0 Å². The van der Waals surface area contributed by atoms with E-state index in [-0.39, 0.29) is 0 Å². The molecule has 1 rings (SSSR count). The van der Waals surface area contributed by atoms with Crippen molar-refractivity contribution in [1.82, 2.24) is 0 Å². The molecule has 0 radical (unpaired) electrons. The van der Waals surface area contributed by atoms with Gasteiger partial charge in [-0.15, -0.1) is 0 Å². The summed E-state index contributed by atoms with van der Waals surface area (Å²) in [6.45, 7) is -1.55. The lowest BCUT2D eigenvalue weighted by atomic mass is 9.99. The predicted molar refractivity (Wildman–Crippen MR) is 52.8 cm³/mol. The molecule has 0 unspecified atom stereocenters. The molecule has 0 aromatic rings. The molecule has 102 valence electrons. The molecule has 1 saturated heterocycles. The van der Waals surface area contributed by atoms with Gasteiger partial charge in [-0.25, -0.2) is 0 Å². The third kappa shape index (κ3) is 3.33. The first-order chi connectivity index (χ1) is 8.04. The second kappa shape index (κ2) is 6.57. The summed E-state index contributed by atoms with van der Waals surface area (Å²) in [4.78, 5) is 0. The zero-order valence-corrected chi connectivity index (χ0v) is 9.09. The summed E-state index contributed by atoms with van der Waals surface area (Å²) in [5.41, 5.74) is 0. The van der Waals surface area contributed by atoms with Crippen LogP contribution in [0.5, 0.6) is 0 Å². The van der Waals surface area contributed by atoms with Gasteiger partial charge in [-0.05, 0) is 0 Å². The number of hydrogen-bond acceptors (Lipinski definition) is 8. The maximum absolute atomic E-state index is 9.56. The molecule has 1 aliphatic rings. The highest BCUT2D eigenvalue weighted by Gasteiger charge is 2.44. The first-order valence-corrected chi connectivity index (χ1v) is 5.22. The van der Waals surface area contributed by atoms with Crippen molar-refractivity contribution >= 4 is 0 Å². The van der Waals surface area contributed by atoms with Gasteiger partial charge in [-0.2, -0.15) is 0 Å². The Bertz CT molecular complexity index is 217. The molecule has 17 heavy (non-hydrogen) atoms. The van der Waals surface area contributed by atoms with E-state index in [2.05, 4.69) is 0 Å². The molecule has 0 aromatic carbocycles. The quantitative estimate of drug-likeness (QED) is 0.293. The van der Waals surface area contributed by atoms with Crippen LogP contribution in [0.25, 0.3) is 0 Å². The SMILES string of the molecule is OCC(CO)O[C@@H]1O[C@H](CO)[C@@H](O)[C@H](O)[C@H]1O. The Kier molecular flexibility index (Phi) is 5.70. The van der Waals surface area contributed by atoms with Crippen LogP contribution in [0, 0.1) is 0 Å². The first-order valence-electron chi connectivity index (χ1n) is 5.22. The van der Waals surface area contributed by atoms with Crippen molar-refractivity contribution in [3.8, 4) is 0 Å². The van der Waals surface area contributed by atoms with E-state index in [1.165, 1.54) is 0 Å². The fourth-order valence-electron chi connectivity index (χ4n) is 1.51. The Balaban J connectivity index is 2.65. The van der Waals surface area contributed by atoms with Gasteiger partial charge in [0.2, 0.25) is 0 Å². The van der Waals surface area contributed by atoms with E-state index in [0.29, 0.717) is 0 Å². The summed E-state index contributed by atoms with van der Waals surface area (Å²) >= 11 is 0. The standard InChI is InChI=1S/C9H18O8/c10-1-4(2-11)16-9-8(15)7(14)6(13)5(3-12)17-9/h4-15H,1-3H2/t5-,6-,7+,8-,9-/m1/s1. The second-order valence-corrected chi connectivity index (χ2v) is 3.82. The van der Waals surface area contributed by atoms with Gasteiger partial charge in [0.25, 0.3) is 0 Å². The van der Waals surface area contributed by atoms with Gasteiger partial charge >= 0.3 is 0 Å². The maximum atomic E-state index is 9.56. The summed E-state index contributed by atoms with van der Waals surface area (Å²) < 4.78 is 10.0. The minimum absolute atomic E-state index is 0.495. The van der Waals surface area contributed by atoms with Crippen LogP contribution in [-0.4, -0.2) is 87.3 Å². The summed E-state index contributed by atoms with van der Waals surface area (Å²) in [6, 6.07) is 0. The lowest BCUT2D eigenvalue weighted by Gasteiger charge is -2.40. The Labute approximate surface area is 97.6 Å². The molecular weight excluding hydrogens is 236 g/mol. The Hall–Kier alpha value is -0.320. The molecule has 1 fully saturated rings. The molecule has 0 aromatic heterocycles. The minimum atomic E-state index is -1.54. The lowest BCUT2D eigenvalue weighted by Crippen LogP contribution is -2.60. The Morgan fingerprint density at radius 2 is 1.53 bits per heavy atom. The fraction of sp³-hybridized carbons (Fsp3) is 1.00. The van der Waals surface area contributed by atoms with E-state index in [0.717, 1.165) is 0 Å². The van der Waals surface area contributed by atoms with E-state index in [9.17, 15) is 15.3 Å². The van der Waals surface area contributed by atoms with Crippen LogP contribution < -0.4 is 0 Å². The third-order valence-corrected chi connectivity index (χ3v) is 2.58. The average Bonchev–Trinajstić information content (AvgIpc) is 2.35. The normalized spacial score (nSPS) is 38.6. The molecule has 5 atom stereocenters. The number of aliphatic hydroxyl groups excluding tert-OH is 6. The van der Waals surface area contributed by atoms with Crippen molar-refractivity contribution in [2.45, 2.75) is 36.8 Å². The van der Waals surface area contributed by atoms with E-state index in [4.69, 9.17) is 24.8 Å². The zero-order chi connectivity index (χ0) is 13.0. The van der Waals surface area contributed by atoms with Crippen molar-refractivity contribution in [3.63, 3.8) is 0 Å². The van der Waals surface area contributed by atoms with Gasteiger partial charge in [-0.1, -0.05) is 0 Å². The van der Waals surface area contributed by atoms with Crippen molar-refractivity contribution in [3.05, 3.63) is 0 Å². The van der Waals surface area contributed by atoms with Gasteiger partial charge < -0.3 is 40.1 Å². The van der Waals surface area contributed by atoms with Gasteiger partial charge in [0, 0.05) is 0 Å². The van der Waals surface area contributed by atoms with Gasteiger partial charge in [0.1, 0.15) is 30.5 Å². The topological polar surface area (TPSA) is 140 Å². The van der Waals surface area contributed by atoms with Crippen LogP contribution in [0.15, 0.2) is 0 Å². The summed E-state index contributed by atoms with van der Waals surface area (Å²) in [5, 5.41) is 55.0. The molecular formula is C9H18O8. The maximum Gasteiger partial charge on any atom is 0.187 e. The van der Waals surface area contributed by atoms with Crippen LogP contribution in [-0.2, 0) is 9.47 Å². The van der Waals surface area contributed by atoms with Crippen LogP contribution in [0.2, 0.25) is 0 Å². The van der Waals surface area contributed by atoms with E-state index < -0.39 is 56.6 Å². The molecule has 8 heteroatoms. The highest BCUT2D eigenvalue weighted by Crippen LogP contribution is 2.22. The Morgan fingerprint density at radius 3 is 2.00 bits per heavy atom. The van der Waals surface area contributed by atoms with E-state index in [1.54, 1.807) is 0 Å². The third-order valence-electron chi connectivity index (χ3n) is 2.58. The van der Waals surface area contributed by atoms with Crippen LogP contribution in [0.1, 0.15) is 0 Å². The fourth-order valence-corrected chi connectivity index (χ4v) is 1.51. The zero-order valence-electron chi connectivity index (χ0n) is 9.09. The molecule has 0 bridgehead atoms. The molecule has 8 nitrogen and oxygen atoms in total. The number of ether oxygens (including phenoxy) is 2. The van der Waals surface area contributed by atoms with Crippen LogP contribution in [0.4, 0.5) is 0 Å². The summed E-state index contributed by atoms with van der Waals surface area (Å²) in [7, 11) is 0. The lowest BCUT2D eigenvalue weighted by molar-refractivity contribution is -0.315. The molecule has 6 N–H and O–H groups in total. The molecule has 0 aliphatic carbocycles. The number of rotatable bonds is 5. The van der Waals surface area contributed by atoms with Gasteiger partial charge in [-0.3, -0.25) is 0 Å². The monoisotopic (exact) mass is 254 g/mol. The van der Waals surface area contributed by atoms with Crippen molar-refractivity contribution in [1.29, 1.82) is 0 Å². The van der Waals surface area contributed by atoms with Crippen molar-refractivity contribution < 1.29 is 40.1 Å². The predicted octanol–water partition coefficient (Wildman–Crippen LogP) is -3.84. The molecule has 0 saturated carbocycles. The minimum Gasteiger partial charge on any atom is -0.394 e. The largest absolute Gasteiger partial charge is 0.394 e. The van der Waals surface area contributed by atoms with E-state index in [1.807, 2.05) is 0 Å². The first kappa shape index (κ1) is 14.7. The molecule has 1 heterocycles. The average molecular weight is 254 g/mol. The highest BCUT2D eigenvalue weighted by molar-refractivity contribution is 4.89.